The van der Waals surface area contributed by atoms with Crippen molar-refractivity contribution in [3.63, 3.8) is 0 Å². The largest absolute Gasteiger partial charge is 0.307 e. The highest BCUT2D eigenvalue weighted by Crippen LogP contribution is 2.36. The zero-order valence-electron chi connectivity index (χ0n) is 16.1. The number of hydrogen-bond acceptors (Lipinski definition) is 3. The lowest BCUT2D eigenvalue weighted by Crippen LogP contribution is -2.25. The Balaban J connectivity index is 1.57. The zero-order valence-corrected chi connectivity index (χ0v) is 16.1. The lowest BCUT2D eigenvalue weighted by molar-refractivity contribution is 0.139. The predicted octanol–water partition coefficient (Wildman–Crippen LogP) is 4.99. The number of aromatic nitrogens is 5. The third-order valence-electron chi connectivity index (χ3n) is 5.71. The Morgan fingerprint density at radius 3 is 2.79 bits per heavy atom. The molecule has 1 aliphatic rings. The number of pyridine rings is 2. The number of halogens is 2. The lowest BCUT2D eigenvalue weighted by atomic mass is 10.0. The number of fused-ring (bicyclic) bond motifs is 1. The van der Waals surface area contributed by atoms with Crippen LogP contribution in [0.25, 0.3) is 28.0 Å². The maximum Gasteiger partial charge on any atom is 0.216 e. The van der Waals surface area contributed by atoms with Crippen LogP contribution in [0, 0.1) is 12.9 Å². The van der Waals surface area contributed by atoms with E-state index < -0.39 is 11.6 Å². The standard InChI is InChI=1S/C22H21F2N5/c1-15-10-18(17-12-26-29(13-17)14-22(24)5-2-3-6-22)20(27-21(15)23)16-4-8-28-9-7-25-19(28)11-16/h4,7-13H,2-3,5-6,14H2,1H3. The molecular weight excluding hydrogens is 372 g/mol. The summed E-state index contributed by atoms with van der Waals surface area (Å²) < 4.78 is 32.7. The fraction of sp³-hybridized carbons (Fsp3) is 0.318. The van der Waals surface area contributed by atoms with Crippen molar-refractivity contribution in [3.8, 4) is 22.4 Å². The quantitative estimate of drug-likeness (QED) is 0.459. The average molecular weight is 393 g/mol. The van der Waals surface area contributed by atoms with E-state index in [2.05, 4.69) is 15.1 Å². The Kier molecular flexibility index (Phi) is 4.19. The van der Waals surface area contributed by atoms with Gasteiger partial charge in [-0.05, 0) is 38.0 Å². The van der Waals surface area contributed by atoms with Crippen molar-refractivity contribution in [2.45, 2.75) is 44.8 Å². The first-order chi connectivity index (χ1) is 14.0. The summed E-state index contributed by atoms with van der Waals surface area (Å²) in [5.74, 6) is -0.506. The van der Waals surface area contributed by atoms with Crippen LogP contribution >= 0.6 is 0 Å². The topological polar surface area (TPSA) is 48.0 Å². The summed E-state index contributed by atoms with van der Waals surface area (Å²) in [7, 11) is 0. The van der Waals surface area contributed by atoms with E-state index in [0.29, 0.717) is 24.1 Å². The molecule has 1 fully saturated rings. The Bertz CT molecular complexity index is 1190. The van der Waals surface area contributed by atoms with Gasteiger partial charge in [-0.25, -0.2) is 14.4 Å². The first kappa shape index (κ1) is 18.0. The summed E-state index contributed by atoms with van der Waals surface area (Å²) in [6.45, 7) is 1.93. The molecule has 148 valence electrons. The zero-order chi connectivity index (χ0) is 20.0. The van der Waals surface area contributed by atoms with Gasteiger partial charge in [-0.3, -0.25) is 4.68 Å². The van der Waals surface area contributed by atoms with Crippen LogP contribution in [0.15, 0.2) is 49.2 Å². The summed E-state index contributed by atoms with van der Waals surface area (Å²) in [6, 6.07) is 5.53. The number of alkyl halides is 1. The number of aryl methyl sites for hydroxylation is 1. The van der Waals surface area contributed by atoms with Gasteiger partial charge >= 0.3 is 0 Å². The molecule has 4 aromatic heterocycles. The van der Waals surface area contributed by atoms with Gasteiger partial charge in [0.2, 0.25) is 5.95 Å². The summed E-state index contributed by atoms with van der Waals surface area (Å²) in [5, 5.41) is 4.37. The molecule has 0 aromatic carbocycles. The fourth-order valence-electron chi connectivity index (χ4n) is 4.13. The third-order valence-corrected chi connectivity index (χ3v) is 5.71. The van der Waals surface area contributed by atoms with Gasteiger partial charge in [-0.1, -0.05) is 12.8 Å². The molecule has 5 rings (SSSR count). The number of nitrogens with zero attached hydrogens (tertiary/aromatic N) is 5. The van der Waals surface area contributed by atoms with Crippen molar-refractivity contribution < 1.29 is 8.78 Å². The molecule has 1 saturated carbocycles. The number of imidazole rings is 1. The molecule has 7 heteroatoms. The van der Waals surface area contributed by atoms with Crippen LogP contribution in [0.1, 0.15) is 31.2 Å². The Morgan fingerprint density at radius 1 is 1.14 bits per heavy atom. The second-order valence-electron chi connectivity index (χ2n) is 7.88. The molecule has 0 unspecified atom stereocenters. The highest BCUT2D eigenvalue weighted by molar-refractivity contribution is 5.81. The molecule has 0 radical (unpaired) electrons. The van der Waals surface area contributed by atoms with Crippen molar-refractivity contribution in [1.29, 1.82) is 0 Å². The van der Waals surface area contributed by atoms with Gasteiger partial charge in [0, 0.05) is 47.0 Å². The molecule has 4 aromatic rings. The van der Waals surface area contributed by atoms with E-state index in [1.807, 2.05) is 35.1 Å². The average Bonchev–Trinajstić information content (AvgIpc) is 3.44. The van der Waals surface area contributed by atoms with E-state index in [0.717, 1.165) is 35.2 Å². The van der Waals surface area contributed by atoms with Gasteiger partial charge in [0.05, 0.1) is 18.4 Å². The molecule has 0 spiro atoms. The van der Waals surface area contributed by atoms with Crippen LogP contribution in [0.3, 0.4) is 0 Å². The molecule has 29 heavy (non-hydrogen) atoms. The molecule has 4 heterocycles. The summed E-state index contributed by atoms with van der Waals surface area (Å²) in [5.41, 5.74) is 2.88. The predicted molar refractivity (Wildman–Crippen MR) is 107 cm³/mol. The second kappa shape index (κ2) is 6.76. The van der Waals surface area contributed by atoms with E-state index >= 15 is 0 Å². The molecular formula is C22H21F2N5. The molecule has 1 aliphatic carbocycles. The second-order valence-corrected chi connectivity index (χ2v) is 7.88. The summed E-state index contributed by atoms with van der Waals surface area (Å²) in [6.07, 6.45) is 12.0. The Morgan fingerprint density at radius 2 is 1.97 bits per heavy atom. The number of hydrogen-bond donors (Lipinski definition) is 0. The van der Waals surface area contributed by atoms with Crippen LogP contribution in [-0.4, -0.2) is 29.8 Å². The monoisotopic (exact) mass is 393 g/mol. The minimum Gasteiger partial charge on any atom is -0.307 e. The van der Waals surface area contributed by atoms with Crippen molar-refractivity contribution >= 4 is 5.65 Å². The van der Waals surface area contributed by atoms with Crippen molar-refractivity contribution in [1.82, 2.24) is 24.1 Å². The maximum absolute atomic E-state index is 14.9. The van der Waals surface area contributed by atoms with E-state index in [4.69, 9.17) is 0 Å². The minimum absolute atomic E-state index is 0.246. The van der Waals surface area contributed by atoms with Crippen molar-refractivity contribution in [3.05, 3.63) is 60.7 Å². The van der Waals surface area contributed by atoms with Crippen LogP contribution in [0.4, 0.5) is 8.78 Å². The van der Waals surface area contributed by atoms with Crippen LogP contribution < -0.4 is 0 Å². The first-order valence-corrected chi connectivity index (χ1v) is 9.83. The van der Waals surface area contributed by atoms with Gasteiger partial charge in [0.15, 0.2) is 0 Å². The highest BCUT2D eigenvalue weighted by atomic mass is 19.1. The smallest absolute Gasteiger partial charge is 0.216 e. The lowest BCUT2D eigenvalue weighted by Gasteiger charge is -2.18. The van der Waals surface area contributed by atoms with E-state index in [9.17, 15) is 8.78 Å². The van der Waals surface area contributed by atoms with Gasteiger partial charge < -0.3 is 4.40 Å². The molecule has 0 amide bonds. The molecule has 0 N–H and O–H groups in total. The van der Waals surface area contributed by atoms with Gasteiger partial charge in [-0.15, -0.1) is 0 Å². The molecule has 0 aliphatic heterocycles. The Hall–Kier alpha value is -3.09. The van der Waals surface area contributed by atoms with Crippen molar-refractivity contribution in [2.75, 3.05) is 0 Å². The minimum atomic E-state index is -1.19. The fourth-order valence-corrected chi connectivity index (χ4v) is 4.13. The van der Waals surface area contributed by atoms with Gasteiger partial charge in [0.25, 0.3) is 0 Å². The molecule has 0 bridgehead atoms. The SMILES string of the molecule is Cc1cc(-c2cnn(CC3(F)CCCC3)c2)c(-c2ccn3ccnc3c2)nc1F. The normalized spacial score (nSPS) is 16.0. The summed E-state index contributed by atoms with van der Waals surface area (Å²) in [4.78, 5) is 8.52. The van der Waals surface area contributed by atoms with E-state index in [-0.39, 0.29) is 6.54 Å². The maximum atomic E-state index is 14.9. The van der Waals surface area contributed by atoms with Crippen LogP contribution in [0.5, 0.6) is 0 Å². The van der Waals surface area contributed by atoms with Crippen LogP contribution in [-0.2, 0) is 6.54 Å². The highest BCUT2D eigenvalue weighted by Gasteiger charge is 2.34. The molecule has 0 atom stereocenters. The van der Waals surface area contributed by atoms with E-state index in [1.54, 1.807) is 30.1 Å². The van der Waals surface area contributed by atoms with Gasteiger partial charge in [0.1, 0.15) is 11.3 Å². The van der Waals surface area contributed by atoms with Crippen molar-refractivity contribution in [2.24, 2.45) is 0 Å². The first-order valence-electron chi connectivity index (χ1n) is 9.83. The summed E-state index contributed by atoms with van der Waals surface area (Å²) >= 11 is 0. The Labute approximate surface area is 167 Å². The van der Waals surface area contributed by atoms with E-state index in [1.165, 1.54) is 0 Å². The van der Waals surface area contributed by atoms with Crippen LogP contribution in [0.2, 0.25) is 0 Å². The number of rotatable bonds is 4. The molecule has 0 saturated heterocycles. The third kappa shape index (κ3) is 3.30. The molecule has 5 nitrogen and oxygen atoms in total. The van der Waals surface area contributed by atoms with Gasteiger partial charge in [-0.2, -0.15) is 9.49 Å².